The van der Waals surface area contributed by atoms with Gasteiger partial charge in [0.2, 0.25) is 5.91 Å². The minimum atomic E-state index is -4.94. The Morgan fingerprint density at radius 3 is 2.45 bits per heavy atom. The number of rotatable bonds is 8. The monoisotopic (exact) mass is 467 g/mol. The normalized spacial score (nSPS) is 17.2. The van der Waals surface area contributed by atoms with E-state index in [2.05, 4.69) is 21.4 Å². The topological polar surface area (TPSA) is 230 Å². The van der Waals surface area contributed by atoms with Gasteiger partial charge in [-0.25, -0.2) is 0 Å². The van der Waals surface area contributed by atoms with E-state index >= 15 is 0 Å². The van der Waals surface area contributed by atoms with Gasteiger partial charge in [-0.05, 0) is 24.4 Å². The van der Waals surface area contributed by atoms with E-state index in [9.17, 15) is 37.8 Å². The molecule has 2 atom stereocenters. The number of amides is 3. The molecule has 1 aliphatic heterocycles. The molecule has 1 saturated heterocycles. The molecule has 1 aliphatic rings. The van der Waals surface area contributed by atoms with E-state index in [0.29, 0.717) is 0 Å². The Hall–Kier alpha value is -2.49. The number of aliphatic carboxylic acids is 1. The molecule has 3 amide bonds. The molecule has 33 heavy (non-hydrogen) atoms. The van der Waals surface area contributed by atoms with E-state index in [1.807, 2.05) is 0 Å². The number of hydrogen-bond donors (Lipinski definition) is 3. The molecule has 1 aromatic rings. The van der Waals surface area contributed by atoms with Crippen LogP contribution in [0.3, 0.4) is 0 Å². The molecule has 2 rings (SSSR count). The molecule has 0 spiro atoms. The Bertz CT molecular complexity index is 1120. The van der Waals surface area contributed by atoms with Gasteiger partial charge in [-0.15, -0.1) is 6.07 Å². The number of carbonyl (C=O) groups is 4. The molecule has 0 aromatic heterocycles. The number of nitrogens with one attached hydrogen (secondary N) is 1. The Kier molecular flexibility index (Phi) is 10.7. The third kappa shape index (κ3) is 6.53. The van der Waals surface area contributed by atoms with Crippen molar-refractivity contribution in [3.8, 4) is 5.75 Å². The van der Waals surface area contributed by atoms with Crippen LogP contribution < -0.4 is 48.1 Å². The first-order valence-electron chi connectivity index (χ1n) is 8.46. The summed E-state index contributed by atoms with van der Waals surface area (Å²) in [4.78, 5) is 51.0. The van der Waals surface area contributed by atoms with Crippen LogP contribution in [-0.4, -0.2) is 64.0 Å². The zero-order chi connectivity index (χ0) is 23.6. The van der Waals surface area contributed by atoms with E-state index in [0.717, 1.165) is 13.0 Å². The van der Waals surface area contributed by atoms with Gasteiger partial charge in [0.25, 0.3) is 16.0 Å². The maximum absolute atomic E-state index is 12.3. The van der Waals surface area contributed by atoms with Crippen LogP contribution in [0.15, 0.2) is 17.2 Å². The van der Waals surface area contributed by atoms with Gasteiger partial charge in [-0.2, -0.15) is 20.6 Å². The van der Waals surface area contributed by atoms with Gasteiger partial charge < -0.3 is 20.3 Å². The standard InChI is InChI=1S/C16H16N5O9S.2Li/c1-16(15(26)27,21-12(23)7-11(14(21)25)31(28,29)30)4-5-18-13(24)9-3-2-8(19-20-17)6-10(9)22;;/h2-3,11,22H,4-5,7H2,1H3,(H,18,24)(H,26,27)(H,28,29,30);;/q-1;2*+1/p-1. The molecule has 0 aliphatic carbocycles. The minimum Gasteiger partial charge on any atom is -0.548 e. The zero-order valence-electron chi connectivity index (χ0n) is 17.8. The van der Waals surface area contributed by atoms with Crippen molar-refractivity contribution < 1.29 is 80.1 Å². The zero-order valence-corrected chi connectivity index (χ0v) is 18.6. The van der Waals surface area contributed by atoms with E-state index in [-0.39, 0.29) is 53.9 Å². The van der Waals surface area contributed by atoms with Gasteiger partial charge in [-0.3, -0.25) is 23.8 Å². The molecular weight excluding hydrogens is 452 g/mol. The molecule has 166 valence electrons. The van der Waals surface area contributed by atoms with Gasteiger partial charge >= 0.3 is 37.7 Å². The molecule has 0 radical (unpaired) electrons. The van der Waals surface area contributed by atoms with Crippen LogP contribution in [0.1, 0.15) is 30.1 Å². The molecule has 0 saturated carbocycles. The van der Waals surface area contributed by atoms with Crippen molar-refractivity contribution in [2.24, 2.45) is 5.11 Å². The van der Waals surface area contributed by atoms with Crippen LogP contribution in [0.2, 0.25) is 0 Å². The fraction of sp³-hybridized carbons (Fsp3) is 0.375. The van der Waals surface area contributed by atoms with Gasteiger partial charge in [0.05, 0.1) is 17.9 Å². The molecule has 1 heterocycles. The van der Waals surface area contributed by atoms with Crippen LogP contribution >= 0.6 is 0 Å². The summed E-state index contributed by atoms with van der Waals surface area (Å²) >= 11 is 0. The summed E-state index contributed by atoms with van der Waals surface area (Å²) in [6.07, 6.45) is -1.51. The van der Waals surface area contributed by atoms with Crippen molar-refractivity contribution in [3.63, 3.8) is 0 Å². The fourth-order valence-corrected chi connectivity index (χ4v) is 3.65. The van der Waals surface area contributed by atoms with E-state index in [4.69, 9.17) is 10.1 Å². The minimum absolute atomic E-state index is 0. The predicted molar refractivity (Wildman–Crippen MR) is 97.9 cm³/mol. The van der Waals surface area contributed by atoms with Crippen LogP contribution in [0.25, 0.3) is 10.4 Å². The summed E-state index contributed by atoms with van der Waals surface area (Å²) in [7, 11) is -4.94. The van der Waals surface area contributed by atoms with Crippen LogP contribution in [-0.2, 0) is 24.5 Å². The number of phenolic OH excluding ortho intramolecular Hbond substituents is 1. The van der Waals surface area contributed by atoms with Crippen molar-refractivity contribution in [2.75, 3.05) is 6.54 Å². The van der Waals surface area contributed by atoms with Crippen LogP contribution in [0.5, 0.6) is 5.75 Å². The number of carboxylic acids is 1. The van der Waals surface area contributed by atoms with Gasteiger partial charge in [0.15, 0.2) is 11.2 Å². The molecule has 2 unspecified atom stereocenters. The summed E-state index contributed by atoms with van der Waals surface area (Å²) in [5, 5.41) is 24.8. The summed E-state index contributed by atoms with van der Waals surface area (Å²) in [6, 6.07) is 4.56. The largest absolute Gasteiger partial charge is 1.00 e. The average molecular weight is 467 g/mol. The first-order chi connectivity index (χ1) is 14.3. The number of carboxylic acid groups (broad SMARTS) is 1. The summed E-state index contributed by atoms with van der Waals surface area (Å²) in [5.74, 6) is -5.99. The third-order valence-electron chi connectivity index (χ3n) is 4.60. The molecular formula is C16H15Li2N5O9S. The number of imide groups is 1. The Morgan fingerprint density at radius 2 is 2.00 bits per heavy atom. The number of carbonyl (C=O) groups excluding carboxylic acids is 4. The smallest absolute Gasteiger partial charge is 0.548 e. The predicted octanol–water partition coefficient (Wildman–Crippen LogP) is -7.21. The molecule has 1 fully saturated rings. The second-order valence-corrected chi connectivity index (χ2v) is 8.24. The molecule has 17 heteroatoms. The van der Waals surface area contributed by atoms with Gasteiger partial charge in [0, 0.05) is 17.2 Å². The first-order valence-corrected chi connectivity index (χ1v) is 9.96. The van der Waals surface area contributed by atoms with Crippen molar-refractivity contribution >= 4 is 39.5 Å². The summed E-state index contributed by atoms with van der Waals surface area (Å²) in [6.45, 7) is 0.491. The van der Waals surface area contributed by atoms with Crippen LogP contribution in [0.4, 0.5) is 5.69 Å². The number of benzene rings is 1. The average Bonchev–Trinajstić information content (AvgIpc) is 2.96. The second-order valence-electron chi connectivity index (χ2n) is 6.64. The fourth-order valence-electron chi connectivity index (χ4n) is 2.94. The Morgan fingerprint density at radius 1 is 1.39 bits per heavy atom. The van der Waals surface area contributed by atoms with E-state index in [1.54, 1.807) is 0 Å². The number of hydrogen-bond acceptors (Lipinski definition) is 9. The van der Waals surface area contributed by atoms with E-state index < -0.39 is 69.7 Å². The molecule has 14 nitrogen and oxygen atoms in total. The van der Waals surface area contributed by atoms with Gasteiger partial charge in [0.1, 0.15) is 0 Å². The molecule has 3 N–H and O–H groups in total. The third-order valence-corrected chi connectivity index (χ3v) is 5.69. The first kappa shape index (κ1) is 30.5. The second kappa shape index (κ2) is 11.6. The maximum atomic E-state index is 12.3. The van der Waals surface area contributed by atoms with Crippen molar-refractivity contribution in [2.45, 2.75) is 30.6 Å². The van der Waals surface area contributed by atoms with Crippen molar-refractivity contribution in [3.05, 3.63) is 34.2 Å². The van der Waals surface area contributed by atoms with Crippen molar-refractivity contribution in [1.29, 1.82) is 0 Å². The number of nitrogens with zero attached hydrogens (tertiary/aromatic N) is 4. The number of likely N-dealkylation sites (tertiary alicyclic amines) is 1. The summed E-state index contributed by atoms with van der Waals surface area (Å²) in [5.41, 5.74) is 5.64. The quantitative estimate of drug-likeness (QED) is 0.0626. The van der Waals surface area contributed by atoms with E-state index in [1.165, 1.54) is 6.07 Å². The maximum Gasteiger partial charge on any atom is 1.00 e. The van der Waals surface area contributed by atoms with Gasteiger partial charge in [-0.1, -0.05) is 10.8 Å². The van der Waals surface area contributed by atoms with Crippen LogP contribution in [0, 0.1) is 6.07 Å². The number of aromatic hydroxyl groups is 1. The SMILES string of the molecule is CC(CCNC(=O)c1ccc(N=[N+]=[N-])[c-]c1O)(C(=O)[O-])N1C(=O)CC(S(=O)(=O)O)C1=O.[Li+].[Li+]. The van der Waals surface area contributed by atoms with Crippen molar-refractivity contribution in [1.82, 2.24) is 10.2 Å². The molecule has 0 bridgehead atoms. The Labute approximate surface area is 211 Å². The number of azide groups is 1. The number of phenols is 1. The molecule has 1 aromatic carbocycles. The Balaban J connectivity index is 0.00000512. The summed E-state index contributed by atoms with van der Waals surface area (Å²) < 4.78 is 31.6.